The van der Waals surface area contributed by atoms with E-state index in [4.69, 9.17) is 5.73 Å². The predicted octanol–water partition coefficient (Wildman–Crippen LogP) is 2.85. The molecule has 7 heteroatoms. The molecule has 3 aromatic rings. The van der Waals surface area contributed by atoms with Crippen molar-refractivity contribution in [3.63, 3.8) is 0 Å². The Hall–Kier alpha value is -2.80. The van der Waals surface area contributed by atoms with E-state index in [0.717, 1.165) is 24.1 Å². The molecule has 25 heavy (non-hydrogen) atoms. The minimum absolute atomic E-state index is 0.170. The fourth-order valence-electron chi connectivity index (χ4n) is 2.46. The van der Waals surface area contributed by atoms with Crippen LogP contribution in [0.5, 0.6) is 0 Å². The second-order valence-electron chi connectivity index (χ2n) is 5.58. The number of hydrogen-bond donors (Lipinski definition) is 2. The number of rotatable bonds is 6. The molecule has 1 aromatic carbocycles. The highest BCUT2D eigenvalue weighted by atomic mass is 32.1. The second-order valence-corrected chi connectivity index (χ2v) is 6.47. The molecule has 0 unspecified atom stereocenters. The van der Waals surface area contributed by atoms with Crippen molar-refractivity contribution in [1.29, 1.82) is 0 Å². The Morgan fingerprint density at radius 3 is 2.76 bits per heavy atom. The molecule has 0 spiro atoms. The van der Waals surface area contributed by atoms with Crippen LogP contribution in [-0.2, 0) is 6.42 Å². The largest absolute Gasteiger partial charge is 0.375 e. The van der Waals surface area contributed by atoms with E-state index >= 15 is 0 Å². The highest BCUT2D eigenvalue weighted by Gasteiger charge is 2.15. The maximum Gasteiger partial charge on any atom is 0.255 e. The van der Waals surface area contributed by atoms with Gasteiger partial charge in [-0.1, -0.05) is 30.3 Å². The Bertz CT molecular complexity index is 863. The molecule has 2 aromatic heterocycles. The molecule has 2 heterocycles. The van der Waals surface area contributed by atoms with Crippen LogP contribution in [0.15, 0.2) is 41.9 Å². The third kappa shape index (κ3) is 4.39. The number of aryl methyl sites for hydroxylation is 2. The first-order valence-electron chi connectivity index (χ1n) is 8.00. The molecular formula is C18H19N5OS. The normalized spacial score (nSPS) is 10.6. The van der Waals surface area contributed by atoms with Crippen molar-refractivity contribution >= 4 is 22.4 Å². The highest BCUT2D eigenvalue weighted by Crippen LogP contribution is 2.21. The van der Waals surface area contributed by atoms with Crippen LogP contribution in [-0.4, -0.2) is 27.4 Å². The number of carbonyl (C=O) groups is 1. The van der Waals surface area contributed by atoms with Gasteiger partial charge >= 0.3 is 0 Å². The van der Waals surface area contributed by atoms with Crippen LogP contribution in [0.1, 0.15) is 28.3 Å². The number of anilines is 1. The van der Waals surface area contributed by atoms with Crippen LogP contribution < -0.4 is 11.1 Å². The second kappa shape index (κ2) is 7.85. The zero-order valence-electron chi connectivity index (χ0n) is 13.9. The van der Waals surface area contributed by atoms with E-state index in [-0.39, 0.29) is 5.91 Å². The summed E-state index contributed by atoms with van der Waals surface area (Å²) in [5, 5.41) is 5.45. The zero-order chi connectivity index (χ0) is 17.6. The summed E-state index contributed by atoms with van der Waals surface area (Å²) in [5.41, 5.74) is 8.60. The number of benzene rings is 1. The molecule has 1 amide bonds. The summed E-state index contributed by atoms with van der Waals surface area (Å²) >= 11 is 1.43. The Kier molecular flexibility index (Phi) is 5.35. The fraction of sp³-hybridized carbons (Fsp3) is 0.222. The average Bonchev–Trinajstić information content (AvgIpc) is 3.04. The van der Waals surface area contributed by atoms with Gasteiger partial charge in [-0.05, 0) is 19.8 Å². The van der Waals surface area contributed by atoms with Gasteiger partial charge in [0, 0.05) is 23.7 Å². The fourth-order valence-corrected chi connectivity index (χ4v) is 3.05. The van der Waals surface area contributed by atoms with Gasteiger partial charge in [0.2, 0.25) is 0 Å². The van der Waals surface area contributed by atoms with Gasteiger partial charge < -0.3 is 11.1 Å². The van der Waals surface area contributed by atoms with E-state index < -0.39 is 0 Å². The van der Waals surface area contributed by atoms with Crippen LogP contribution in [0.4, 0.5) is 5.13 Å². The van der Waals surface area contributed by atoms with Gasteiger partial charge in [0.15, 0.2) is 5.13 Å². The van der Waals surface area contributed by atoms with Crippen LogP contribution >= 0.6 is 11.3 Å². The van der Waals surface area contributed by atoms with Crippen molar-refractivity contribution in [2.45, 2.75) is 19.8 Å². The topological polar surface area (TPSA) is 93.8 Å². The van der Waals surface area contributed by atoms with Crippen molar-refractivity contribution in [1.82, 2.24) is 20.3 Å². The van der Waals surface area contributed by atoms with Crippen LogP contribution in [0.25, 0.3) is 11.3 Å². The van der Waals surface area contributed by atoms with E-state index in [1.807, 2.05) is 42.6 Å². The first-order chi connectivity index (χ1) is 12.1. The van der Waals surface area contributed by atoms with E-state index in [1.165, 1.54) is 11.3 Å². The summed E-state index contributed by atoms with van der Waals surface area (Å²) in [5.74, 6) is 0.466. The molecule has 0 aliphatic carbocycles. The van der Waals surface area contributed by atoms with Gasteiger partial charge in [-0.15, -0.1) is 11.3 Å². The van der Waals surface area contributed by atoms with Crippen LogP contribution in [0.2, 0.25) is 0 Å². The summed E-state index contributed by atoms with van der Waals surface area (Å²) in [6.07, 6.45) is 3.16. The van der Waals surface area contributed by atoms with Crippen molar-refractivity contribution in [3.05, 3.63) is 59.0 Å². The molecule has 128 valence electrons. The molecule has 6 nitrogen and oxygen atoms in total. The number of nitrogens with two attached hydrogens (primary N) is 1. The van der Waals surface area contributed by atoms with E-state index in [1.54, 1.807) is 6.20 Å². The summed E-state index contributed by atoms with van der Waals surface area (Å²) in [6, 6.07) is 9.65. The van der Waals surface area contributed by atoms with Crippen molar-refractivity contribution in [2.75, 3.05) is 12.3 Å². The molecule has 0 saturated heterocycles. The van der Waals surface area contributed by atoms with Crippen LogP contribution in [0, 0.1) is 6.92 Å². The first-order valence-corrected chi connectivity index (χ1v) is 8.88. The molecule has 0 aliphatic rings. The minimum atomic E-state index is -0.170. The summed E-state index contributed by atoms with van der Waals surface area (Å²) in [4.78, 5) is 25.4. The van der Waals surface area contributed by atoms with Crippen molar-refractivity contribution in [2.24, 2.45) is 0 Å². The summed E-state index contributed by atoms with van der Waals surface area (Å²) in [7, 11) is 0. The zero-order valence-corrected chi connectivity index (χ0v) is 14.7. The lowest BCUT2D eigenvalue weighted by molar-refractivity contribution is 0.0953. The first kappa shape index (κ1) is 17.0. The quantitative estimate of drug-likeness (QED) is 0.665. The Labute approximate surface area is 150 Å². The molecular weight excluding hydrogens is 334 g/mol. The lowest BCUT2D eigenvalue weighted by Gasteiger charge is -2.10. The standard InChI is InChI=1S/C18H19N5OS/c1-12-21-10-15(16(22-12)13-6-3-2-4-7-13)17(24)20-9-5-8-14-11-25-18(19)23-14/h2-4,6-7,10-11H,5,8-9H2,1H3,(H2,19,23)(H,20,24). The number of carbonyl (C=O) groups excluding carboxylic acids is 1. The third-order valence-corrected chi connectivity index (χ3v) is 4.39. The summed E-state index contributed by atoms with van der Waals surface area (Å²) in [6.45, 7) is 2.37. The third-order valence-electron chi connectivity index (χ3n) is 3.67. The Morgan fingerprint density at radius 1 is 1.24 bits per heavy atom. The number of aromatic nitrogens is 3. The van der Waals surface area contributed by atoms with Gasteiger partial charge in [-0.2, -0.15) is 0 Å². The Balaban J connectivity index is 1.65. The summed E-state index contributed by atoms with van der Waals surface area (Å²) < 4.78 is 0. The lowest BCUT2D eigenvalue weighted by atomic mass is 10.1. The number of nitrogens with zero attached hydrogens (tertiary/aromatic N) is 3. The molecule has 3 rings (SSSR count). The monoisotopic (exact) mass is 353 g/mol. The van der Waals surface area contributed by atoms with E-state index in [2.05, 4.69) is 20.3 Å². The number of amides is 1. The van der Waals surface area contributed by atoms with Crippen LogP contribution in [0.3, 0.4) is 0 Å². The molecule has 3 N–H and O–H groups in total. The average molecular weight is 353 g/mol. The number of nitrogen functional groups attached to an aromatic ring is 1. The van der Waals surface area contributed by atoms with E-state index in [9.17, 15) is 4.79 Å². The SMILES string of the molecule is Cc1ncc(C(=O)NCCCc2csc(N)n2)c(-c2ccccc2)n1. The smallest absolute Gasteiger partial charge is 0.255 e. The predicted molar refractivity (Wildman–Crippen MR) is 99.4 cm³/mol. The van der Waals surface area contributed by atoms with E-state index in [0.29, 0.717) is 28.8 Å². The molecule has 0 saturated carbocycles. The molecule has 0 radical (unpaired) electrons. The highest BCUT2D eigenvalue weighted by molar-refractivity contribution is 7.13. The molecule has 0 bridgehead atoms. The van der Waals surface area contributed by atoms with Gasteiger partial charge in [-0.25, -0.2) is 15.0 Å². The lowest BCUT2D eigenvalue weighted by Crippen LogP contribution is -2.26. The number of hydrogen-bond acceptors (Lipinski definition) is 6. The number of nitrogens with one attached hydrogen (secondary N) is 1. The van der Waals surface area contributed by atoms with Gasteiger partial charge in [0.25, 0.3) is 5.91 Å². The minimum Gasteiger partial charge on any atom is -0.375 e. The molecule has 0 atom stereocenters. The van der Waals surface area contributed by atoms with Gasteiger partial charge in [-0.3, -0.25) is 4.79 Å². The maximum atomic E-state index is 12.5. The number of thiazole rings is 1. The maximum absolute atomic E-state index is 12.5. The van der Waals surface area contributed by atoms with Crippen molar-refractivity contribution in [3.8, 4) is 11.3 Å². The van der Waals surface area contributed by atoms with Gasteiger partial charge in [0.05, 0.1) is 17.0 Å². The molecule has 0 aliphatic heterocycles. The van der Waals surface area contributed by atoms with Gasteiger partial charge in [0.1, 0.15) is 5.82 Å². The Morgan fingerprint density at radius 2 is 2.04 bits per heavy atom. The van der Waals surface area contributed by atoms with Crippen molar-refractivity contribution < 1.29 is 4.79 Å². The molecule has 0 fully saturated rings.